The van der Waals surface area contributed by atoms with Gasteiger partial charge in [-0.15, -0.1) is 5.10 Å². The van der Waals surface area contributed by atoms with Crippen molar-refractivity contribution in [3.63, 3.8) is 0 Å². The predicted octanol–water partition coefficient (Wildman–Crippen LogP) is 3.03. The van der Waals surface area contributed by atoms with Crippen molar-refractivity contribution in [2.45, 2.75) is 38.0 Å². The molecule has 0 spiro atoms. The van der Waals surface area contributed by atoms with E-state index in [0.29, 0.717) is 25.2 Å². The molecule has 1 saturated heterocycles. The fraction of sp³-hybridized carbons (Fsp3) is 0.520. The molecule has 4 aliphatic rings. The molecule has 6 rings (SSSR count). The van der Waals surface area contributed by atoms with Gasteiger partial charge in [0.05, 0.1) is 22.4 Å². The lowest BCUT2D eigenvalue weighted by Gasteiger charge is -2.39. The Morgan fingerprint density at radius 2 is 1.79 bits per heavy atom. The van der Waals surface area contributed by atoms with Crippen LogP contribution >= 0.6 is 0 Å². The smallest absolute Gasteiger partial charge is 0.235 e. The first-order chi connectivity index (χ1) is 15.7. The van der Waals surface area contributed by atoms with E-state index < -0.39 is 17.0 Å². The number of aromatic nitrogens is 2. The van der Waals surface area contributed by atoms with Gasteiger partial charge in [-0.3, -0.25) is 9.59 Å². The van der Waals surface area contributed by atoms with Crippen molar-refractivity contribution in [1.29, 1.82) is 0 Å². The molecule has 3 fully saturated rings. The van der Waals surface area contributed by atoms with E-state index in [-0.39, 0.29) is 52.2 Å². The van der Waals surface area contributed by atoms with Gasteiger partial charge in [-0.1, -0.05) is 19.9 Å². The molecule has 2 heterocycles. The number of likely N-dealkylation sites (tertiary alicyclic amines) is 1. The van der Waals surface area contributed by atoms with Crippen LogP contribution in [0.4, 0.5) is 8.78 Å². The van der Waals surface area contributed by atoms with Gasteiger partial charge in [0.1, 0.15) is 11.6 Å². The minimum Gasteiger partial charge on any atom is -0.359 e. The monoisotopic (exact) mass is 452 g/mol. The molecule has 2 aromatic rings. The van der Waals surface area contributed by atoms with Gasteiger partial charge >= 0.3 is 0 Å². The quantitative estimate of drug-likeness (QED) is 0.777. The highest BCUT2D eigenvalue weighted by atomic mass is 19.1. The van der Waals surface area contributed by atoms with E-state index in [9.17, 15) is 18.4 Å². The van der Waals surface area contributed by atoms with Crippen LogP contribution < -0.4 is 5.32 Å². The van der Waals surface area contributed by atoms with Crippen LogP contribution in [0.3, 0.4) is 0 Å². The molecule has 1 aromatic carbocycles. The number of amides is 2. The lowest BCUT2D eigenvalue weighted by Crippen LogP contribution is -2.52. The summed E-state index contributed by atoms with van der Waals surface area (Å²) in [4.78, 5) is 27.9. The summed E-state index contributed by atoms with van der Waals surface area (Å²) in [5.74, 6) is -0.727. The highest BCUT2D eigenvalue weighted by molar-refractivity contribution is 5.93. The summed E-state index contributed by atoms with van der Waals surface area (Å²) in [5.41, 5.74) is 0.309. The molecular formula is C25H26F2N4O2. The molecule has 0 radical (unpaired) electrons. The lowest BCUT2D eigenvalue weighted by atomic mass is 9.67. The van der Waals surface area contributed by atoms with Crippen molar-refractivity contribution in [1.82, 2.24) is 20.4 Å². The number of fused-ring (bicyclic) bond motifs is 6. The molecule has 1 N–H and O–H groups in total. The van der Waals surface area contributed by atoms with Crippen LogP contribution in [0.25, 0.3) is 11.3 Å². The molecule has 1 aromatic heterocycles. The van der Waals surface area contributed by atoms with Gasteiger partial charge in [0.2, 0.25) is 11.8 Å². The number of hydrogen-bond donors (Lipinski definition) is 1. The highest BCUT2D eigenvalue weighted by Gasteiger charge is 2.70. The lowest BCUT2D eigenvalue weighted by molar-refractivity contribution is -0.141. The second kappa shape index (κ2) is 6.58. The topological polar surface area (TPSA) is 75.2 Å². The van der Waals surface area contributed by atoms with Crippen molar-refractivity contribution in [2.24, 2.45) is 23.2 Å². The van der Waals surface area contributed by atoms with Crippen molar-refractivity contribution < 1.29 is 18.4 Å². The Labute approximate surface area is 190 Å². The average Bonchev–Trinajstić information content (AvgIpc) is 3.07. The van der Waals surface area contributed by atoms with Crippen LogP contribution in [0, 0.1) is 34.8 Å². The summed E-state index contributed by atoms with van der Waals surface area (Å²) < 4.78 is 28.8. The van der Waals surface area contributed by atoms with Crippen LogP contribution in [0.2, 0.25) is 0 Å². The molecule has 0 unspecified atom stereocenters. The molecule has 172 valence electrons. The summed E-state index contributed by atoms with van der Waals surface area (Å²) in [6, 6.07) is 5.47. The third-order valence-corrected chi connectivity index (χ3v) is 9.00. The van der Waals surface area contributed by atoms with Crippen LogP contribution in [0.1, 0.15) is 43.9 Å². The predicted molar refractivity (Wildman–Crippen MR) is 116 cm³/mol. The minimum atomic E-state index is -0.800. The molecular weight excluding hydrogens is 426 g/mol. The Hall–Kier alpha value is -2.90. The average molecular weight is 453 g/mol. The van der Waals surface area contributed by atoms with Gasteiger partial charge in [0.25, 0.3) is 0 Å². The summed E-state index contributed by atoms with van der Waals surface area (Å²) in [6.07, 6.45) is 1.50. The van der Waals surface area contributed by atoms with Crippen molar-refractivity contribution in [2.75, 3.05) is 20.1 Å². The zero-order valence-corrected chi connectivity index (χ0v) is 18.9. The maximum atomic E-state index is 14.4. The van der Waals surface area contributed by atoms with Gasteiger partial charge < -0.3 is 10.2 Å². The Morgan fingerprint density at radius 3 is 2.42 bits per heavy atom. The van der Waals surface area contributed by atoms with Crippen molar-refractivity contribution in [3.05, 3.63) is 47.2 Å². The van der Waals surface area contributed by atoms with E-state index in [2.05, 4.69) is 29.4 Å². The molecule has 5 atom stereocenters. The van der Waals surface area contributed by atoms with Gasteiger partial charge in [0, 0.05) is 26.1 Å². The minimum absolute atomic E-state index is 0.00904. The number of halogens is 2. The highest BCUT2D eigenvalue weighted by Crippen LogP contribution is 2.68. The fourth-order valence-electron chi connectivity index (χ4n) is 7.18. The Balaban J connectivity index is 1.36. The second-order valence-corrected chi connectivity index (χ2v) is 10.5. The summed E-state index contributed by atoms with van der Waals surface area (Å²) >= 11 is 0. The van der Waals surface area contributed by atoms with E-state index in [1.807, 2.05) is 4.90 Å². The summed E-state index contributed by atoms with van der Waals surface area (Å²) in [5, 5.41) is 11.4. The Bertz CT molecular complexity index is 1180. The van der Waals surface area contributed by atoms with Gasteiger partial charge in [-0.25, -0.2) is 8.78 Å². The van der Waals surface area contributed by atoms with Gasteiger partial charge in [-0.2, -0.15) is 5.10 Å². The van der Waals surface area contributed by atoms with Gasteiger partial charge in [-0.05, 0) is 59.8 Å². The van der Waals surface area contributed by atoms with Gasteiger partial charge in [0.15, 0.2) is 0 Å². The maximum Gasteiger partial charge on any atom is 0.235 e. The first kappa shape index (κ1) is 20.7. The van der Waals surface area contributed by atoms with E-state index in [4.69, 9.17) is 0 Å². The largest absolute Gasteiger partial charge is 0.359 e. The van der Waals surface area contributed by atoms with E-state index in [1.54, 1.807) is 13.1 Å². The van der Waals surface area contributed by atoms with E-state index in [0.717, 1.165) is 12.0 Å². The summed E-state index contributed by atoms with van der Waals surface area (Å²) in [7, 11) is 1.65. The zero-order valence-electron chi connectivity index (χ0n) is 18.9. The van der Waals surface area contributed by atoms with Crippen LogP contribution in [0.5, 0.6) is 0 Å². The van der Waals surface area contributed by atoms with Crippen LogP contribution in [-0.2, 0) is 15.0 Å². The fourth-order valence-corrected chi connectivity index (χ4v) is 7.18. The van der Waals surface area contributed by atoms with Crippen LogP contribution in [0.15, 0.2) is 24.3 Å². The molecule has 33 heavy (non-hydrogen) atoms. The number of nitrogens with one attached hydrogen (secondary N) is 1. The Morgan fingerprint density at radius 1 is 1.12 bits per heavy atom. The molecule has 8 heteroatoms. The number of hydrogen-bond acceptors (Lipinski definition) is 4. The van der Waals surface area contributed by atoms with Crippen LogP contribution in [-0.4, -0.2) is 47.0 Å². The number of benzene rings is 1. The number of piperidine rings is 1. The number of rotatable bonds is 3. The second-order valence-electron chi connectivity index (χ2n) is 10.5. The first-order valence-corrected chi connectivity index (χ1v) is 11.6. The first-order valence-electron chi connectivity index (χ1n) is 11.6. The molecule has 2 saturated carbocycles. The van der Waals surface area contributed by atoms with E-state index >= 15 is 0 Å². The molecule has 2 amide bonds. The third kappa shape index (κ3) is 2.47. The normalized spacial score (nSPS) is 32.5. The zero-order chi connectivity index (χ0) is 23.3. The molecule has 2 bridgehead atoms. The Kier molecular flexibility index (Phi) is 4.12. The molecule has 6 nitrogen and oxygen atoms in total. The number of nitrogens with zero attached hydrogens (tertiary/aromatic N) is 3. The molecule has 1 aliphatic heterocycles. The standard InChI is InChI=1S/C25H26F2N4O2/c1-24(2)15-7-8-25(24,23(33)31-10-13-14(11-31)19(13)22(32)28-3)21-12(15)9-18(29-30-21)20-16(26)5-4-6-17(20)27/h4-6,9,13-15,19H,7-8,10-11H2,1-3H3,(H,28,32)/t13-,14+,15-,19-,25+/m1/s1. The molecule has 3 aliphatic carbocycles. The SMILES string of the molecule is CNC(=O)[C@@H]1[C@@H]2CN(C(=O)[C@]34CC[C@H](c5cc(-c6c(F)cccc6F)nnc53)C4(C)C)C[C@@H]21. The van der Waals surface area contributed by atoms with Crippen molar-refractivity contribution in [3.8, 4) is 11.3 Å². The van der Waals surface area contributed by atoms with Crippen molar-refractivity contribution >= 4 is 11.8 Å². The van der Waals surface area contributed by atoms with E-state index in [1.165, 1.54) is 18.2 Å². The number of carbonyl (C=O) groups is 2. The third-order valence-electron chi connectivity index (χ3n) is 9.00. The number of carbonyl (C=O) groups excluding carboxylic acids is 2. The summed E-state index contributed by atoms with van der Waals surface area (Å²) in [6.45, 7) is 5.37. The maximum absolute atomic E-state index is 14.4.